The van der Waals surface area contributed by atoms with E-state index in [1.807, 2.05) is 31.2 Å². The Morgan fingerprint density at radius 2 is 1.80 bits per heavy atom. The van der Waals surface area contributed by atoms with Gasteiger partial charge in [-0.3, -0.25) is 0 Å². The lowest BCUT2D eigenvalue weighted by Crippen LogP contribution is -2.33. The van der Waals surface area contributed by atoms with Gasteiger partial charge in [-0.15, -0.1) is 0 Å². The van der Waals surface area contributed by atoms with Gasteiger partial charge in [-0.1, -0.05) is 12.1 Å². The summed E-state index contributed by atoms with van der Waals surface area (Å²) in [5.41, 5.74) is 3.14. The summed E-state index contributed by atoms with van der Waals surface area (Å²) >= 11 is 0. The van der Waals surface area contributed by atoms with Gasteiger partial charge >= 0.3 is 0 Å². The highest BCUT2D eigenvalue weighted by atomic mass is 19.1. The Bertz CT molecular complexity index is 603. The predicted molar refractivity (Wildman–Crippen MR) is 78.6 cm³/mol. The van der Waals surface area contributed by atoms with Crippen LogP contribution in [0.1, 0.15) is 29.9 Å². The zero-order valence-electron chi connectivity index (χ0n) is 11.4. The first-order chi connectivity index (χ1) is 9.61. The molecular formula is C17H18FNO. The van der Waals surface area contributed by atoms with Gasteiger partial charge < -0.3 is 10.4 Å². The van der Waals surface area contributed by atoms with Crippen LogP contribution < -0.4 is 5.32 Å². The van der Waals surface area contributed by atoms with Gasteiger partial charge in [0, 0.05) is 11.7 Å². The van der Waals surface area contributed by atoms with Crippen molar-refractivity contribution in [1.29, 1.82) is 0 Å². The second kappa shape index (κ2) is 5.16. The summed E-state index contributed by atoms with van der Waals surface area (Å²) in [5, 5.41) is 13.0. The molecule has 1 aliphatic carbocycles. The Morgan fingerprint density at radius 3 is 2.45 bits per heavy atom. The first-order valence-corrected chi connectivity index (χ1v) is 6.93. The number of hydrogen-bond acceptors (Lipinski definition) is 2. The fourth-order valence-corrected chi connectivity index (χ4v) is 2.72. The van der Waals surface area contributed by atoms with E-state index in [4.69, 9.17) is 0 Å². The topological polar surface area (TPSA) is 32.3 Å². The molecule has 1 saturated carbocycles. The van der Waals surface area contributed by atoms with Crippen LogP contribution in [0.25, 0.3) is 0 Å². The lowest BCUT2D eigenvalue weighted by atomic mass is 9.76. The number of benzene rings is 2. The van der Waals surface area contributed by atoms with Gasteiger partial charge in [-0.25, -0.2) is 4.39 Å². The van der Waals surface area contributed by atoms with Crippen molar-refractivity contribution >= 4 is 5.69 Å². The smallest absolute Gasteiger partial charge is 0.123 e. The zero-order valence-corrected chi connectivity index (χ0v) is 11.4. The lowest BCUT2D eigenvalue weighted by Gasteiger charge is -2.37. The molecular weight excluding hydrogens is 253 g/mol. The van der Waals surface area contributed by atoms with E-state index >= 15 is 0 Å². The van der Waals surface area contributed by atoms with Gasteiger partial charge in [0.25, 0.3) is 0 Å². The maximum atomic E-state index is 12.9. The van der Waals surface area contributed by atoms with Crippen LogP contribution in [0.5, 0.6) is 5.75 Å². The van der Waals surface area contributed by atoms with E-state index in [1.165, 1.54) is 17.7 Å². The second-order valence-corrected chi connectivity index (χ2v) is 5.56. The molecule has 0 spiro atoms. The van der Waals surface area contributed by atoms with Gasteiger partial charge in [-0.2, -0.15) is 0 Å². The number of rotatable bonds is 3. The Morgan fingerprint density at radius 1 is 1.10 bits per heavy atom. The third-order valence-electron chi connectivity index (χ3n) is 4.05. The molecule has 0 aromatic heterocycles. The molecule has 104 valence electrons. The van der Waals surface area contributed by atoms with Crippen molar-refractivity contribution in [3.05, 3.63) is 59.4 Å². The third-order valence-corrected chi connectivity index (χ3v) is 4.05. The van der Waals surface area contributed by atoms with Crippen LogP contribution in [0.3, 0.4) is 0 Å². The van der Waals surface area contributed by atoms with Crippen LogP contribution >= 0.6 is 0 Å². The van der Waals surface area contributed by atoms with E-state index in [0.29, 0.717) is 17.7 Å². The average molecular weight is 271 g/mol. The first-order valence-electron chi connectivity index (χ1n) is 6.93. The average Bonchev–Trinajstić information content (AvgIpc) is 2.39. The third kappa shape index (κ3) is 2.62. The molecule has 0 saturated heterocycles. The quantitative estimate of drug-likeness (QED) is 0.820. The fourth-order valence-electron chi connectivity index (χ4n) is 2.72. The Balaban J connectivity index is 1.58. The normalized spacial score (nSPS) is 21.3. The summed E-state index contributed by atoms with van der Waals surface area (Å²) in [6.07, 6.45) is 2.12. The highest BCUT2D eigenvalue weighted by Gasteiger charge is 2.30. The van der Waals surface area contributed by atoms with Gasteiger partial charge in [-0.05, 0) is 67.1 Å². The molecule has 1 aliphatic rings. The molecule has 2 aromatic rings. The number of phenols is 1. The van der Waals surface area contributed by atoms with Crippen molar-refractivity contribution in [2.45, 2.75) is 31.7 Å². The van der Waals surface area contributed by atoms with Crippen molar-refractivity contribution in [1.82, 2.24) is 0 Å². The van der Waals surface area contributed by atoms with Crippen molar-refractivity contribution in [3.8, 4) is 5.75 Å². The van der Waals surface area contributed by atoms with Gasteiger partial charge in [0.2, 0.25) is 0 Å². The number of aromatic hydroxyl groups is 1. The van der Waals surface area contributed by atoms with Gasteiger partial charge in [0.1, 0.15) is 11.6 Å². The Labute approximate surface area is 118 Å². The number of nitrogens with one attached hydrogen (secondary N) is 1. The molecule has 0 aliphatic heterocycles. The second-order valence-electron chi connectivity index (χ2n) is 5.56. The van der Waals surface area contributed by atoms with Crippen molar-refractivity contribution in [2.75, 3.05) is 5.32 Å². The van der Waals surface area contributed by atoms with Crippen LogP contribution in [0.4, 0.5) is 10.1 Å². The summed E-state index contributed by atoms with van der Waals surface area (Å²) in [4.78, 5) is 0. The van der Waals surface area contributed by atoms with Crippen molar-refractivity contribution in [3.63, 3.8) is 0 Å². The molecule has 0 unspecified atom stereocenters. The molecule has 2 nitrogen and oxygen atoms in total. The molecule has 0 amide bonds. The number of hydrogen-bond donors (Lipinski definition) is 2. The van der Waals surface area contributed by atoms with Crippen LogP contribution in [-0.2, 0) is 0 Å². The van der Waals surface area contributed by atoms with Gasteiger partial charge in [0.15, 0.2) is 0 Å². The van der Waals surface area contributed by atoms with E-state index in [0.717, 1.165) is 24.1 Å². The molecule has 2 aromatic carbocycles. The van der Waals surface area contributed by atoms with E-state index in [2.05, 4.69) is 5.32 Å². The highest BCUT2D eigenvalue weighted by Crippen LogP contribution is 2.38. The first kappa shape index (κ1) is 13.0. The molecule has 1 fully saturated rings. The molecule has 0 heterocycles. The van der Waals surface area contributed by atoms with Crippen LogP contribution in [0.2, 0.25) is 0 Å². The molecule has 2 N–H and O–H groups in total. The van der Waals surface area contributed by atoms with E-state index in [9.17, 15) is 9.50 Å². The molecule has 20 heavy (non-hydrogen) atoms. The van der Waals surface area contributed by atoms with Crippen molar-refractivity contribution in [2.24, 2.45) is 0 Å². The summed E-state index contributed by atoms with van der Waals surface area (Å²) in [5.74, 6) is 0.668. The maximum Gasteiger partial charge on any atom is 0.123 e. The fraction of sp³-hybridized carbons (Fsp3) is 0.294. The number of phenolic OH excluding ortho intramolecular Hbond substituents is 1. The number of anilines is 1. The minimum Gasteiger partial charge on any atom is -0.508 e. The van der Waals surface area contributed by atoms with Gasteiger partial charge in [0.05, 0.1) is 0 Å². The van der Waals surface area contributed by atoms with E-state index < -0.39 is 0 Å². The summed E-state index contributed by atoms with van der Waals surface area (Å²) < 4.78 is 12.9. The monoisotopic (exact) mass is 271 g/mol. The van der Waals surface area contributed by atoms with Crippen LogP contribution in [0, 0.1) is 12.7 Å². The maximum absolute atomic E-state index is 12.9. The minimum absolute atomic E-state index is 0.178. The lowest BCUT2D eigenvalue weighted by molar-refractivity contribution is 0.374. The van der Waals surface area contributed by atoms with Crippen molar-refractivity contribution < 1.29 is 9.50 Å². The van der Waals surface area contributed by atoms with E-state index in [1.54, 1.807) is 6.07 Å². The van der Waals surface area contributed by atoms with Crippen LogP contribution in [0.15, 0.2) is 42.5 Å². The number of halogens is 1. The largest absolute Gasteiger partial charge is 0.508 e. The molecule has 3 rings (SSSR count). The SMILES string of the molecule is Cc1cc(NC2CC(c3ccc(F)cc3)C2)ccc1O. The summed E-state index contributed by atoms with van der Waals surface area (Å²) in [6.45, 7) is 1.89. The molecule has 0 bridgehead atoms. The standard InChI is InChI=1S/C17H18FNO/c1-11-8-15(6-7-17(11)20)19-16-9-13(10-16)12-2-4-14(18)5-3-12/h2-8,13,16,19-20H,9-10H2,1H3. The minimum atomic E-state index is -0.178. The molecule has 3 heteroatoms. The Hall–Kier alpha value is -2.03. The van der Waals surface area contributed by atoms with E-state index in [-0.39, 0.29) is 5.82 Å². The highest BCUT2D eigenvalue weighted by molar-refractivity contribution is 5.51. The molecule has 0 radical (unpaired) electrons. The zero-order chi connectivity index (χ0) is 14.1. The number of aryl methyl sites for hydroxylation is 1. The summed E-state index contributed by atoms with van der Waals surface area (Å²) in [7, 11) is 0. The molecule has 0 atom stereocenters. The summed E-state index contributed by atoms with van der Waals surface area (Å²) in [6, 6.07) is 12.8. The van der Waals surface area contributed by atoms with Crippen LogP contribution in [-0.4, -0.2) is 11.1 Å². The predicted octanol–water partition coefficient (Wildman–Crippen LogP) is 4.20. The Kier molecular flexibility index (Phi) is 3.35.